The van der Waals surface area contributed by atoms with Gasteiger partial charge in [-0.1, -0.05) is 18.2 Å². The first-order valence-corrected chi connectivity index (χ1v) is 8.03. The normalized spacial score (nSPS) is 12.2. The predicted octanol–water partition coefficient (Wildman–Crippen LogP) is 3.48. The van der Waals surface area contributed by atoms with Crippen LogP contribution in [0.15, 0.2) is 58.1 Å². The Balaban J connectivity index is 0.00000288. The lowest BCUT2D eigenvalue weighted by molar-refractivity contribution is 0.511. The van der Waals surface area contributed by atoms with E-state index in [2.05, 4.69) is 65.7 Å². The molecule has 0 saturated heterocycles. The van der Waals surface area contributed by atoms with Gasteiger partial charge in [-0.3, -0.25) is 0 Å². The monoisotopic (exact) mass is 442 g/mol. The van der Waals surface area contributed by atoms with E-state index in [0.29, 0.717) is 12.6 Å². The van der Waals surface area contributed by atoms with Crippen molar-refractivity contribution >= 4 is 35.6 Å². The summed E-state index contributed by atoms with van der Waals surface area (Å²) in [4.78, 5) is 6.80. The SMILES string of the molecule is CCNC(=NCc1ccco1)NCC(C)N(C)c1ccccc1.I. The first-order valence-electron chi connectivity index (χ1n) is 8.03. The van der Waals surface area contributed by atoms with Crippen LogP contribution in [0.25, 0.3) is 0 Å². The maximum absolute atomic E-state index is 5.31. The average molecular weight is 442 g/mol. The minimum absolute atomic E-state index is 0. The van der Waals surface area contributed by atoms with Crippen molar-refractivity contribution in [3.8, 4) is 0 Å². The standard InChI is InChI=1S/C18H26N4O.HI/c1-4-19-18(21-14-17-11-8-12-23-17)20-13-15(2)22(3)16-9-6-5-7-10-16;/h5-12,15H,4,13-14H2,1-3H3,(H2,19,20,21);1H. The molecule has 1 heterocycles. The molecular weight excluding hydrogens is 415 g/mol. The van der Waals surface area contributed by atoms with Crippen LogP contribution in [0.1, 0.15) is 19.6 Å². The van der Waals surface area contributed by atoms with Crippen LogP contribution >= 0.6 is 24.0 Å². The summed E-state index contributed by atoms with van der Waals surface area (Å²) in [5, 5.41) is 6.65. The number of para-hydroxylation sites is 1. The summed E-state index contributed by atoms with van der Waals surface area (Å²) < 4.78 is 5.31. The molecule has 5 nitrogen and oxygen atoms in total. The van der Waals surface area contributed by atoms with E-state index in [1.807, 2.05) is 18.2 Å². The Hall–Kier alpha value is -1.70. The first-order chi connectivity index (χ1) is 11.2. The molecule has 132 valence electrons. The van der Waals surface area contributed by atoms with Gasteiger partial charge in [-0.2, -0.15) is 0 Å². The van der Waals surface area contributed by atoms with Gasteiger partial charge in [0, 0.05) is 31.9 Å². The highest BCUT2D eigenvalue weighted by Gasteiger charge is 2.10. The lowest BCUT2D eigenvalue weighted by Gasteiger charge is -2.27. The van der Waals surface area contributed by atoms with Gasteiger partial charge >= 0.3 is 0 Å². The fourth-order valence-corrected chi connectivity index (χ4v) is 2.20. The molecule has 0 aliphatic heterocycles. The van der Waals surface area contributed by atoms with Gasteiger partial charge in [0.15, 0.2) is 5.96 Å². The van der Waals surface area contributed by atoms with Gasteiger partial charge in [-0.25, -0.2) is 4.99 Å². The van der Waals surface area contributed by atoms with Gasteiger partial charge < -0.3 is 20.0 Å². The summed E-state index contributed by atoms with van der Waals surface area (Å²) in [6, 6.07) is 14.5. The van der Waals surface area contributed by atoms with E-state index in [1.165, 1.54) is 5.69 Å². The third-order valence-corrected chi connectivity index (χ3v) is 3.71. The molecule has 24 heavy (non-hydrogen) atoms. The Labute approximate surface area is 161 Å². The van der Waals surface area contributed by atoms with E-state index < -0.39 is 0 Å². The molecule has 0 aliphatic carbocycles. The highest BCUT2D eigenvalue weighted by Crippen LogP contribution is 2.13. The number of aliphatic imine (C=N–C) groups is 1. The van der Waals surface area contributed by atoms with Crippen LogP contribution in [-0.2, 0) is 6.54 Å². The van der Waals surface area contributed by atoms with E-state index in [9.17, 15) is 0 Å². The zero-order chi connectivity index (χ0) is 16.5. The van der Waals surface area contributed by atoms with Gasteiger partial charge in [0.1, 0.15) is 12.3 Å². The van der Waals surface area contributed by atoms with E-state index in [-0.39, 0.29) is 24.0 Å². The van der Waals surface area contributed by atoms with Crippen molar-refractivity contribution in [2.24, 2.45) is 4.99 Å². The number of hydrogen-bond donors (Lipinski definition) is 2. The molecule has 6 heteroatoms. The summed E-state index contributed by atoms with van der Waals surface area (Å²) in [6.07, 6.45) is 1.67. The molecule has 1 aromatic carbocycles. The smallest absolute Gasteiger partial charge is 0.191 e. The lowest BCUT2D eigenvalue weighted by Crippen LogP contribution is -2.45. The average Bonchev–Trinajstić information content (AvgIpc) is 3.10. The molecular formula is C18H27IN4O. The van der Waals surface area contributed by atoms with Crippen molar-refractivity contribution in [3.63, 3.8) is 0 Å². The molecule has 0 spiro atoms. The Kier molecular flexibility index (Phi) is 9.29. The van der Waals surface area contributed by atoms with Gasteiger partial charge in [-0.15, -0.1) is 24.0 Å². The molecule has 2 N–H and O–H groups in total. The fourth-order valence-electron chi connectivity index (χ4n) is 2.20. The Morgan fingerprint density at radius 3 is 2.54 bits per heavy atom. The van der Waals surface area contributed by atoms with Gasteiger partial charge in [0.05, 0.1) is 6.26 Å². The number of nitrogens with zero attached hydrogens (tertiary/aromatic N) is 2. The van der Waals surface area contributed by atoms with E-state index in [0.717, 1.165) is 24.8 Å². The molecule has 0 amide bonds. The molecule has 2 aromatic rings. The molecule has 1 atom stereocenters. The number of guanidine groups is 1. The van der Waals surface area contributed by atoms with Crippen molar-refractivity contribution in [1.29, 1.82) is 0 Å². The number of rotatable bonds is 7. The summed E-state index contributed by atoms with van der Waals surface area (Å²) >= 11 is 0. The second kappa shape index (κ2) is 11.0. The second-order valence-electron chi connectivity index (χ2n) is 5.45. The molecule has 1 aromatic heterocycles. The van der Waals surface area contributed by atoms with Crippen molar-refractivity contribution in [3.05, 3.63) is 54.5 Å². The van der Waals surface area contributed by atoms with Crippen LogP contribution < -0.4 is 15.5 Å². The Morgan fingerprint density at radius 1 is 1.17 bits per heavy atom. The zero-order valence-electron chi connectivity index (χ0n) is 14.5. The summed E-state index contributed by atoms with van der Waals surface area (Å²) in [5.41, 5.74) is 1.21. The predicted molar refractivity (Wildman–Crippen MR) is 111 cm³/mol. The third kappa shape index (κ3) is 6.43. The van der Waals surface area contributed by atoms with E-state index in [1.54, 1.807) is 6.26 Å². The number of hydrogen-bond acceptors (Lipinski definition) is 3. The number of benzene rings is 1. The highest BCUT2D eigenvalue weighted by atomic mass is 127. The van der Waals surface area contributed by atoms with Crippen molar-refractivity contribution in [2.45, 2.75) is 26.4 Å². The van der Waals surface area contributed by atoms with Crippen molar-refractivity contribution in [1.82, 2.24) is 10.6 Å². The molecule has 0 fully saturated rings. The van der Waals surface area contributed by atoms with Crippen LogP contribution in [0.5, 0.6) is 0 Å². The minimum atomic E-state index is 0. The van der Waals surface area contributed by atoms with Crippen LogP contribution in [0.4, 0.5) is 5.69 Å². The summed E-state index contributed by atoms with van der Waals surface area (Å²) in [6.45, 7) is 6.41. The van der Waals surface area contributed by atoms with Gasteiger partial charge in [0.2, 0.25) is 0 Å². The van der Waals surface area contributed by atoms with Crippen LogP contribution in [-0.4, -0.2) is 32.1 Å². The quantitative estimate of drug-likeness (QED) is 0.392. The van der Waals surface area contributed by atoms with Crippen LogP contribution in [0.3, 0.4) is 0 Å². The maximum Gasteiger partial charge on any atom is 0.191 e. The fraction of sp³-hybridized carbons (Fsp3) is 0.389. The molecule has 0 bridgehead atoms. The number of likely N-dealkylation sites (N-methyl/N-ethyl adjacent to an activating group) is 1. The summed E-state index contributed by atoms with van der Waals surface area (Å²) in [5.74, 6) is 1.66. The minimum Gasteiger partial charge on any atom is -0.467 e. The molecule has 2 rings (SSSR count). The maximum atomic E-state index is 5.31. The van der Waals surface area contributed by atoms with Gasteiger partial charge in [0.25, 0.3) is 0 Å². The third-order valence-electron chi connectivity index (χ3n) is 3.71. The molecule has 0 saturated carbocycles. The number of nitrogens with one attached hydrogen (secondary N) is 2. The number of anilines is 1. The van der Waals surface area contributed by atoms with Crippen molar-refractivity contribution < 1.29 is 4.42 Å². The molecule has 0 aliphatic rings. The van der Waals surface area contributed by atoms with Crippen molar-refractivity contribution in [2.75, 3.05) is 25.0 Å². The van der Waals surface area contributed by atoms with Crippen LogP contribution in [0, 0.1) is 0 Å². The van der Waals surface area contributed by atoms with Crippen LogP contribution in [0.2, 0.25) is 0 Å². The van der Waals surface area contributed by atoms with Gasteiger partial charge in [-0.05, 0) is 38.1 Å². The van der Waals surface area contributed by atoms with E-state index >= 15 is 0 Å². The summed E-state index contributed by atoms with van der Waals surface area (Å²) in [7, 11) is 2.11. The molecule has 0 radical (unpaired) electrons. The van der Waals surface area contributed by atoms with E-state index in [4.69, 9.17) is 4.42 Å². The Morgan fingerprint density at radius 2 is 1.92 bits per heavy atom. The second-order valence-corrected chi connectivity index (χ2v) is 5.45. The molecule has 1 unspecified atom stereocenters. The lowest BCUT2D eigenvalue weighted by atomic mass is 10.2. The largest absolute Gasteiger partial charge is 0.467 e. The number of halogens is 1. The first kappa shape index (κ1) is 20.3. The highest BCUT2D eigenvalue weighted by molar-refractivity contribution is 14.0. The zero-order valence-corrected chi connectivity index (χ0v) is 16.9. The Bertz CT molecular complexity index is 586. The number of furan rings is 1. The topological polar surface area (TPSA) is 52.8 Å².